The van der Waals surface area contributed by atoms with Crippen LogP contribution in [0.5, 0.6) is 0 Å². The molecule has 0 fully saturated rings. The Kier molecular flexibility index (Phi) is 3.81. The topological polar surface area (TPSA) is 50.1 Å². The maximum atomic E-state index is 10.0. The van der Waals surface area contributed by atoms with Crippen LogP contribution in [-0.4, -0.2) is 10.3 Å². The fourth-order valence-corrected chi connectivity index (χ4v) is 0.714. The molecular weight excluding hydrogens is 126 g/mol. The van der Waals surface area contributed by atoms with Gasteiger partial charge in [0.05, 0.1) is 6.10 Å². The van der Waals surface area contributed by atoms with Crippen molar-refractivity contribution in [2.24, 2.45) is 0 Å². The molecule has 2 unspecified atom stereocenters. The van der Waals surface area contributed by atoms with Crippen molar-refractivity contribution in [2.75, 3.05) is 0 Å². The van der Waals surface area contributed by atoms with Crippen LogP contribution in [0.15, 0.2) is 0 Å². The van der Waals surface area contributed by atoms with Gasteiger partial charge >= 0.3 is 0 Å². The second kappa shape index (κ2) is 3.86. The van der Waals surface area contributed by atoms with Crippen LogP contribution in [0, 0.1) is 4.78 Å². The molecule has 0 radical (unpaired) electrons. The predicted molar refractivity (Wildman–Crippen MR) is 33.1 cm³/mol. The first-order chi connectivity index (χ1) is 3.66. The molecule has 0 bridgehead atoms. The highest BCUT2D eigenvalue weighted by molar-refractivity contribution is 7.68. The summed E-state index contributed by atoms with van der Waals surface area (Å²) in [5.74, 6) is 0. The highest BCUT2D eigenvalue weighted by Gasteiger charge is 1.94. The summed E-state index contributed by atoms with van der Waals surface area (Å²) in [5.41, 5.74) is 0. The van der Waals surface area contributed by atoms with E-state index in [-0.39, 0.29) is 6.10 Å². The van der Waals surface area contributed by atoms with E-state index in [1.54, 1.807) is 6.92 Å². The summed E-state index contributed by atoms with van der Waals surface area (Å²) in [6.45, 7) is 3.71. The average Bonchev–Trinajstić information content (AvgIpc) is 1.65. The van der Waals surface area contributed by atoms with E-state index in [1.807, 2.05) is 6.92 Å². The van der Waals surface area contributed by atoms with E-state index < -0.39 is 10.9 Å². The second-order valence-corrected chi connectivity index (χ2v) is 2.31. The molecule has 0 aromatic carbocycles. The van der Waals surface area contributed by atoms with Gasteiger partial charge in [0.15, 0.2) is 0 Å². The zero-order valence-corrected chi connectivity index (χ0v) is 5.94. The molecule has 50 valence electrons. The van der Waals surface area contributed by atoms with E-state index >= 15 is 0 Å². The second-order valence-electron chi connectivity index (χ2n) is 1.58. The third-order valence-corrected chi connectivity index (χ3v) is 1.40. The third-order valence-electron chi connectivity index (χ3n) is 0.851. The maximum absolute atomic E-state index is 10.0. The van der Waals surface area contributed by atoms with Crippen LogP contribution in [0.2, 0.25) is 0 Å². The molecule has 0 saturated heterocycles. The van der Waals surface area contributed by atoms with Crippen molar-refractivity contribution in [2.45, 2.75) is 26.4 Å². The van der Waals surface area contributed by atoms with E-state index in [4.69, 9.17) is 4.78 Å². The molecule has 2 atom stereocenters. The Morgan fingerprint density at radius 3 is 2.50 bits per heavy atom. The van der Waals surface area contributed by atoms with Crippen LogP contribution in [0.1, 0.15) is 20.3 Å². The van der Waals surface area contributed by atoms with Gasteiger partial charge in [0.1, 0.15) is 10.9 Å². The van der Waals surface area contributed by atoms with Gasteiger partial charge in [0, 0.05) is 0 Å². The van der Waals surface area contributed by atoms with E-state index in [9.17, 15) is 4.21 Å². The van der Waals surface area contributed by atoms with Gasteiger partial charge < -0.3 is 0 Å². The molecule has 0 aromatic heterocycles. The highest BCUT2D eigenvalue weighted by atomic mass is 32.2. The maximum Gasteiger partial charge on any atom is 0.149 e. The lowest BCUT2D eigenvalue weighted by Crippen LogP contribution is -2.03. The Labute approximate surface area is 51.3 Å². The lowest BCUT2D eigenvalue weighted by molar-refractivity contribution is 0.245. The molecule has 0 spiro atoms. The summed E-state index contributed by atoms with van der Waals surface area (Å²) < 4.78 is 21.1. The van der Waals surface area contributed by atoms with Crippen molar-refractivity contribution in [3.63, 3.8) is 0 Å². The number of thiol groups is 1. The smallest absolute Gasteiger partial charge is 0.149 e. The van der Waals surface area contributed by atoms with Crippen molar-refractivity contribution in [1.82, 2.24) is 0 Å². The van der Waals surface area contributed by atoms with Crippen LogP contribution < -0.4 is 0 Å². The third kappa shape index (κ3) is 4.08. The van der Waals surface area contributed by atoms with Crippen molar-refractivity contribution in [1.29, 1.82) is 4.78 Å². The summed E-state index contributed by atoms with van der Waals surface area (Å²) in [7, 11) is -2.15. The lowest BCUT2D eigenvalue weighted by atomic mass is 10.3. The van der Waals surface area contributed by atoms with Crippen molar-refractivity contribution < 1.29 is 8.39 Å². The quantitative estimate of drug-likeness (QED) is 0.569. The van der Waals surface area contributed by atoms with Crippen molar-refractivity contribution >= 4 is 10.9 Å². The van der Waals surface area contributed by atoms with Crippen LogP contribution in [0.4, 0.5) is 0 Å². The molecule has 0 saturated carbocycles. The van der Waals surface area contributed by atoms with Gasteiger partial charge in [-0.1, -0.05) is 6.92 Å². The van der Waals surface area contributed by atoms with Crippen LogP contribution in [0.25, 0.3) is 0 Å². The average molecular weight is 137 g/mol. The Balaban J connectivity index is 3.39. The van der Waals surface area contributed by atoms with Gasteiger partial charge in [-0.25, -0.2) is 8.99 Å². The molecule has 8 heavy (non-hydrogen) atoms. The molecule has 0 aliphatic heterocycles. The molecule has 0 aromatic rings. The SMILES string of the molecule is CCC(C)O[SH](=N)=O. The van der Waals surface area contributed by atoms with E-state index in [1.165, 1.54) is 0 Å². The van der Waals surface area contributed by atoms with Crippen molar-refractivity contribution in [3.8, 4) is 0 Å². The summed E-state index contributed by atoms with van der Waals surface area (Å²) in [4.78, 5) is 0. The highest BCUT2D eigenvalue weighted by Crippen LogP contribution is 1.94. The van der Waals surface area contributed by atoms with E-state index in [0.717, 1.165) is 6.42 Å². The van der Waals surface area contributed by atoms with Gasteiger partial charge in [0.2, 0.25) is 0 Å². The molecule has 0 aliphatic rings. The largest absolute Gasteiger partial charge is 0.284 e. The number of nitrogens with one attached hydrogen (secondary N) is 1. The minimum atomic E-state index is -2.15. The Morgan fingerprint density at radius 1 is 1.88 bits per heavy atom. The Bertz CT molecular complexity index is 113. The van der Waals surface area contributed by atoms with Crippen molar-refractivity contribution in [3.05, 3.63) is 0 Å². The molecule has 3 nitrogen and oxygen atoms in total. The molecule has 0 heterocycles. The van der Waals surface area contributed by atoms with Gasteiger partial charge in [-0.2, -0.15) is 0 Å². The van der Waals surface area contributed by atoms with E-state index in [2.05, 4.69) is 4.18 Å². The first-order valence-corrected chi connectivity index (χ1v) is 3.69. The molecule has 0 aliphatic carbocycles. The van der Waals surface area contributed by atoms with Gasteiger partial charge in [-0.05, 0) is 13.3 Å². The number of hydrogen-bond donors (Lipinski definition) is 2. The van der Waals surface area contributed by atoms with Crippen LogP contribution >= 0.6 is 0 Å². The van der Waals surface area contributed by atoms with Gasteiger partial charge in [-0.3, -0.25) is 4.18 Å². The fourth-order valence-electron chi connectivity index (χ4n) is 0.238. The molecule has 1 N–H and O–H groups in total. The Hall–Kier alpha value is -0.0900. The van der Waals surface area contributed by atoms with E-state index in [0.29, 0.717) is 0 Å². The molecular formula is C4H11NO2S. The molecule has 4 heteroatoms. The minimum Gasteiger partial charge on any atom is -0.284 e. The molecule has 0 amide bonds. The fraction of sp³-hybridized carbons (Fsp3) is 1.00. The van der Waals surface area contributed by atoms with Crippen LogP contribution in [-0.2, 0) is 15.1 Å². The summed E-state index contributed by atoms with van der Waals surface area (Å²) in [6.07, 6.45) is 0.760. The van der Waals surface area contributed by atoms with Crippen LogP contribution in [0.3, 0.4) is 0 Å². The predicted octanol–water partition coefficient (Wildman–Crippen LogP) is 0.960. The molecule has 0 rings (SSSR count). The number of rotatable bonds is 3. The first-order valence-electron chi connectivity index (χ1n) is 2.52. The zero-order chi connectivity index (χ0) is 6.57. The first kappa shape index (κ1) is 7.91. The summed E-state index contributed by atoms with van der Waals surface area (Å²) in [5, 5.41) is 0. The summed E-state index contributed by atoms with van der Waals surface area (Å²) >= 11 is 0. The minimum absolute atomic E-state index is 0.0453. The number of hydrogen-bond acceptors (Lipinski definition) is 3. The van der Waals surface area contributed by atoms with Gasteiger partial charge in [-0.15, -0.1) is 0 Å². The van der Waals surface area contributed by atoms with Gasteiger partial charge in [0.25, 0.3) is 0 Å². The summed E-state index contributed by atoms with van der Waals surface area (Å²) in [6, 6.07) is 0. The monoisotopic (exact) mass is 137 g/mol. The standard InChI is InChI=1S/C4H11NO2S/c1-3-4(2)7-8(5)6/h4-5,8H,3H2,1-2H3. The normalized spacial score (nSPS) is 17.8. The Morgan fingerprint density at radius 2 is 2.38 bits per heavy atom. The lowest BCUT2D eigenvalue weighted by Gasteiger charge is -2.01. The zero-order valence-electron chi connectivity index (χ0n) is 5.05.